The van der Waals surface area contributed by atoms with Crippen LogP contribution in [0.5, 0.6) is 0 Å². The first-order chi connectivity index (χ1) is 9.86. The summed E-state index contributed by atoms with van der Waals surface area (Å²) in [4.78, 5) is -0.0221. The van der Waals surface area contributed by atoms with Crippen molar-refractivity contribution >= 4 is 33.1 Å². The Morgan fingerprint density at radius 3 is 2.62 bits per heavy atom. The quantitative estimate of drug-likeness (QED) is 0.855. The topological polar surface area (TPSA) is 116 Å². The molecule has 1 aliphatic rings. The molecule has 3 N–H and O–H groups in total. The number of nitrogens with zero attached hydrogens (tertiary/aromatic N) is 4. The number of aromatic nitrogens is 4. The molecule has 0 aliphatic heterocycles. The maximum Gasteiger partial charge on any atom is 0.182 e. The molecule has 3 rings (SSSR count). The van der Waals surface area contributed by atoms with E-state index in [0.29, 0.717) is 5.82 Å². The first-order valence-corrected chi connectivity index (χ1v) is 8.48. The van der Waals surface area contributed by atoms with E-state index in [2.05, 4.69) is 20.6 Å². The van der Waals surface area contributed by atoms with Crippen LogP contribution >= 0.6 is 11.6 Å². The van der Waals surface area contributed by atoms with E-state index in [9.17, 15) is 8.42 Å². The first kappa shape index (κ1) is 14.1. The van der Waals surface area contributed by atoms with Gasteiger partial charge in [0, 0.05) is 12.3 Å². The molecule has 0 unspecified atom stereocenters. The molecule has 0 saturated heterocycles. The molecule has 1 aliphatic carbocycles. The third-order valence-electron chi connectivity index (χ3n) is 3.00. The van der Waals surface area contributed by atoms with Crippen LogP contribution in [0.4, 0.5) is 11.6 Å². The van der Waals surface area contributed by atoms with Crippen molar-refractivity contribution in [3.8, 4) is 5.82 Å². The standard InChI is InChI=1S/C11H13ClN6O2S/c1-21(19,20)9-10(13)18(8-5-4-7(12)15-16-8)17-11(9)14-6-2-3-6/h4-6H,2-3,13H2,1H3,(H,14,17). The SMILES string of the molecule is CS(=O)(=O)c1c(NC2CC2)nn(-c2ccc(Cl)nn2)c1N. The highest BCUT2D eigenvalue weighted by molar-refractivity contribution is 7.91. The van der Waals surface area contributed by atoms with Gasteiger partial charge in [-0.05, 0) is 25.0 Å². The minimum absolute atomic E-state index is 0.00253. The average molecular weight is 329 g/mol. The van der Waals surface area contributed by atoms with Gasteiger partial charge in [-0.1, -0.05) is 11.6 Å². The van der Waals surface area contributed by atoms with Crippen molar-refractivity contribution in [3.63, 3.8) is 0 Å². The summed E-state index contributed by atoms with van der Waals surface area (Å²) in [6.07, 6.45) is 3.06. The zero-order chi connectivity index (χ0) is 15.2. The number of rotatable bonds is 4. The van der Waals surface area contributed by atoms with Gasteiger partial charge in [0.1, 0.15) is 5.82 Å². The van der Waals surface area contributed by atoms with Crippen molar-refractivity contribution in [3.05, 3.63) is 17.3 Å². The fourth-order valence-corrected chi connectivity index (χ4v) is 2.91. The Morgan fingerprint density at radius 2 is 2.10 bits per heavy atom. The van der Waals surface area contributed by atoms with Crippen molar-refractivity contribution in [2.24, 2.45) is 0 Å². The van der Waals surface area contributed by atoms with Crippen LogP contribution in [0.3, 0.4) is 0 Å². The average Bonchev–Trinajstić information content (AvgIpc) is 3.12. The number of nitrogens with one attached hydrogen (secondary N) is 1. The molecule has 0 amide bonds. The van der Waals surface area contributed by atoms with Gasteiger partial charge >= 0.3 is 0 Å². The molecule has 1 fully saturated rings. The fraction of sp³-hybridized carbons (Fsp3) is 0.364. The van der Waals surface area contributed by atoms with Crippen LogP contribution in [0, 0.1) is 0 Å². The van der Waals surface area contributed by atoms with Crippen molar-refractivity contribution in [1.29, 1.82) is 0 Å². The summed E-state index contributed by atoms with van der Waals surface area (Å²) in [5, 5.41) is 15.1. The molecule has 2 aromatic rings. The third kappa shape index (κ3) is 2.79. The number of anilines is 2. The summed E-state index contributed by atoms with van der Waals surface area (Å²) in [5.41, 5.74) is 5.94. The normalized spacial score (nSPS) is 15.1. The van der Waals surface area contributed by atoms with Crippen LogP contribution < -0.4 is 11.1 Å². The van der Waals surface area contributed by atoms with E-state index in [1.54, 1.807) is 6.07 Å². The monoisotopic (exact) mass is 328 g/mol. The lowest BCUT2D eigenvalue weighted by molar-refractivity contribution is 0.602. The van der Waals surface area contributed by atoms with Gasteiger partial charge in [-0.25, -0.2) is 8.42 Å². The number of halogens is 1. The van der Waals surface area contributed by atoms with Crippen LogP contribution in [-0.2, 0) is 9.84 Å². The molecule has 112 valence electrons. The number of hydrogen-bond donors (Lipinski definition) is 2. The summed E-state index contributed by atoms with van der Waals surface area (Å²) in [5.74, 6) is 0.539. The molecule has 0 bridgehead atoms. The Labute approximate surface area is 126 Å². The highest BCUT2D eigenvalue weighted by Gasteiger charge is 2.30. The molecule has 2 aromatic heterocycles. The maximum atomic E-state index is 11.9. The van der Waals surface area contributed by atoms with Gasteiger partial charge in [0.05, 0.1) is 0 Å². The molecule has 1 saturated carbocycles. The van der Waals surface area contributed by atoms with Gasteiger partial charge in [0.2, 0.25) is 0 Å². The zero-order valence-corrected chi connectivity index (χ0v) is 12.7. The summed E-state index contributed by atoms with van der Waals surface area (Å²) < 4.78 is 25.1. The van der Waals surface area contributed by atoms with Gasteiger partial charge in [-0.15, -0.1) is 15.3 Å². The van der Waals surface area contributed by atoms with Crippen LogP contribution in [0.2, 0.25) is 5.15 Å². The number of nitrogens with two attached hydrogens (primary N) is 1. The number of nitrogen functional groups attached to an aromatic ring is 1. The van der Waals surface area contributed by atoms with Crippen molar-refractivity contribution < 1.29 is 8.42 Å². The second-order valence-electron chi connectivity index (χ2n) is 4.88. The fourth-order valence-electron chi connectivity index (χ4n) is 1.89. The Bertz CT molecular complexity index is 782. The van der Waals surface area contributed by atoms with Gasteiger partial charge in [-0.2, -0.15) is 4.68 Å². The molecular weight excluding hydrogens is 316 g/mol. The molecule has 0 radical (unpaired) electrons. The molecule has 10 heteroatoms. The lowest BCUT2D eigenvalue weighted by Gasteiger charge is -2.02. The molecule has 8 nitrogen and oxygen atoms in total. The minimum Gasteiger partial charge on any atom is -0.382 e. The molecule has 0 aromatic carbocycles. The van der Waals surface area contributed by atoms with Crippen molar-refractivity contribution in [1.82, 2.24) is 20.0 Å². The van der Waals surface area contributed by atoms with E-state index in [1.807, 2.05) is 0 Å². The number of sulfone groups is 1. The van der Waals surface area contributed by atoms with Crippen LogP contribution in [0.15, 0.2) is 17.0 Å². The number of hydrogen-bond acceptors (Lipinski definition) is 7. The third-order valence-corrected chi connectivity index (χ3v) is 4.35. The van der Waals surface area contributed by atoms with Crippen molar-refractivity contribution in [2.75, 3.05) is 17.3 Å². The highest BCUT2D eigenvalue weighted by Crippen LogP contribution is 2.32. The highest BCUT2D eigenvalue weighted by atomic mass is 35.5. The molecule has 2 heterocycles. The smallest absolute Gasteiger partial charge is 0.182 e. The Kier molecular flexibility index (Phi) is 3.25. The maximum absolute atomic E-state index is 11.9. The molecular formula is C11H13ClN6O2S. The summed E-state index contributed by atoms with van der Waals surface area (Å²) in [6.45, 7) is 0. The largest absolute Gasteiger partial charge is 0.382 e. The van der Waals surface area contributed by atoms with E-state index in [1.165, 1.54) is 10.7 Å². The summed E-state index contributed by atoms with van der Waals surface area (Å²) in [7, 11) is -3.52. The van der Waals surface area contributed by atoms with Gasteiger partial charge in [0.15, 0.2) is 31.5 Å². The van der Waals surface area contributed by atoms with E-state index >= 15 is 0 Å². The van der Waals surface area contributed by atoms with E-state index in [4.69, 9.17) is 17.3 Å². The zero-order valence-electron chi connectivity index (χ0n) is 11.1. The van der Waals surface area contributed by atoms with Crippen LogP contribution in [-0.4, -0.2) is 40.7 Å². The van der Waals surface area contributed by atoms with Crippen LogP contribution in [0.25, 0.3) is 5.82 Å². The summed E-state index contributed by atoms with van der Waals surface area (Å²) in [6, 6.07) is 3.33. The molecule has 0 atom stereocenters. The van der Waals surface area contributed by atoms with Crippen LogP contribution in [0.1, 0.15) is 12.8 Å². The van der Waals surface area contributed by atoms with E-state index < -0.39 is 9.84 Å². The lowest BCUT2D eigenvalue weighted by atomic mass is 10.5. The van der Waals surface area contributed by atoms with E-state index in [0.717, 1.165) is 19.1 Å². The Balaban J connectivity index is 2.13. The predicted octanol–water partition coefficient (Wildman–Crippen LogP) is 0.876. The minimum atomic E-state index is -3.52. The van der Waals surface area contributed by atoms with E-state index in [-0.39, 0.29) is 27.7 Å². The van der Waals surface area contributed by atoms with Gasteiger partial charge < -0.3 is 11.1 Å². The second kappa shape index (κ2) is 4.85. The second-order valence-corrected chi connectivity index (χ2v) is 7.22. The van der Waals surface area contributed by atoms with Crippen molar-refractivity contribution in [2.45, 2.75) is 23.8 Å². The predicted molar refractivity (Wildman–Crippen MR) is 78.3 cm³/mol. The lowest BCUT2D eigenvalue weighted by Crippen LogP contribution is -2.08. The first-order valence-electron chi connectivity index (χ1n) is 6.21. The Morgan fingerprint density at radius 1 is 1.38 bits per heavy atom. The summed E-state index contributed by atoms with van der Waals surface area (Å²) >= 11 is 5.68. The van der Waals surface area contributed by atoms with Gasteiger partial charge in [-0.3, -0.25) is 0 Å². The molecule has 0 spiro atoms. The Hall–Kier alpha value is -1.87. The molecule has 21 heavy (non-hydrogen) atoms. The van der Waals surface area contributed by atoms with Gasteiger partial charge in [0.25, 0.3) is 0 Å².